The van der Waals surface area contributed by atoms with E-state index >= 15 is 0 Å². The Morgan fingerprint density at radius 3 is 2.79 bits per heavy atom. The van der Waals surface area contributed by atoms with Crippen molar-refractivity contribution in [3.63, 3.8) is 0 Å². The van der Waals surface area contributed by atoms with E-state index in [1.165, 1.54) is 32.3 Å². The highest BCUT2D eigenvalue weighted by atomic mass is 32.2. The van der Waals surface area contributed by atoms with Crippen molar-refractivity contribution >= 4 is 44.9 Å². The summed E-state index contributed by atoms with van der Waals surface area (Å²) < 4.78 is 37.7. The number of methoxy groups -OCH3 is 1. The number of nitro groups is 1. The summed E-state index contributed by atoms with van der Waals surface area (Å²) >= 11 is 1.01. The summed E-state index contributed by atoms with van der Waals surface area (Å²) in [5.74, 6) is 0.522. The minimum Gasteiger partial charge on any atom is -0.497 e. The largest absolute Gasteiger partial charge is 0.497 e. The first-order valence-electron chi connectivity index (χ1n) is 7.85. The molecule has 0 bridgehead atoms. The highest BCUT2D eigenvalue weighted by Crippen LogP contribution is 2.28. The van der Waals surface area contributed by atoms with Gasteiger partial charge in [0.25, 0.3) is 10.0 Å². The predicted octanol–water partition coefficient (Wildman–Crippen LogP) is 3.93. The average Bonchev–Trinajstić information content (AvgIpc) is 3.26. The highest BCUT2D eigenvalue weighted by Gasteiger charge is 2.22. The smallest absolute Gasteiger partial charge is 0.338 e. The molecule has 28 heavy (non-hydrogen) atoms. The summed E-state index contributed by atoms with van der Waals surface area (Å²) in [6, 6.07) is 9.60. The average molecular weight is 421 g/mol. The number of aromatic nitrogens is 1. The highest BCUT2D eigenvalue weighted by molar-refractivity contribution is 7.94. The molecule has 0 atom stereocenters. The van der Waals surface area contributed by atoms with Crippen LogP contribution in [-0.2, 0) is 10.0 Å². The maximum atomic E-state index is 12.6. The lowest BCUT2D eigenvalue weighted by molar-refractivity contribution is -0.386. The molecule has 146 valence electrons. The molecule has 1 aromatic carbocycles. The van der Waals surface area contributed by atoms with Gasteiger partial charge in [0, 0.05) is 10.9 Å². The van der Waals surface area contributed by atoms with Crippen LogP contribution in [0.4, 0.5) is 11.4 Å². The Balaban J connectivity index is 1.80. The van der Waals surface area contributed by atoms with Gasteiger partial charge >= 0.3 is 5.69 Å². The number of hydrogen-bond acceptors (Lipinski definition) is 8. The molecule has 2 aromatic heterocycles. The molecule has 3 rings (SSSR count). The summed E-state index contributed by atoms with van der Waals surface area (Å²) in [5, 5.41) is 14.6. The van der Waals surface area contributed by atoms with Crippen LogP contribution in [0.1, 0.15) is 16.3 Å². The number of anilines is 1. The lowest BCUT2D eigenvalue weighted by Gasteiger charge is -2.07. The number of sulfonamides is 1. The molecule has 0 saturated carbocycles. The van der Waals surface area contributed by atoms with Crippen LogP contribution < -0.4 is 9.46 Å². The molecule has 0 aliphatic rings. The van der Waals surface area contributed by atoms with E-state index in [-0.39, 0.29) is 21.4 Å². The molecule has 0 fully saturated rings. The van der Waals surface area contributed by atoms with Crippen LogP contribution >= 0.6 is 11.3 Å². The normalized spacial score (nSPS) is 11.6. The first-order valence-corrected chi connectivity index (χ1v) is 10.2. The van der Waals surface area contributed by atoms with E-state index in [4.69, 9.17) is 9.26 Å². The zero-order chi connectivity index (χ0) is 20.3. The maximum Gasteiger partial charge on any atom is 0.338 e. The monoisotopic (exact) mass is 421 g/mol. The predicted molar refractivity (Wildman–Crippen MR) is 105 cm³/mol. The van der Waals surface area contributed by atoms with Crippen LogP contribution in [0.25, 0.3) is 12.2 Å². The molecular weight excluding hydrogens is 406 g/mol. The van der Waals surface area contributed by atoms with Crippen molar-refractivity contribution in [1.82, 2.24) is 5.16 Å². The molecule has 0 aliphatic heterocycles. The summed E-state index contributed by atoms with van der Waals surface area (Å²) in [7, 11) is -2.29. The van der Waals surface area contributed by atoms with Crippen molar-refractivity contribution in [3.05, 3.63) is 62.8 Å². The van der Waals surface area contributed by atoms with Gasteiger partial charge in [-0.25, -0.2) is 8.42 Å². The van der Waals surface area contributed by atoms with Gasteiger partial charge in [0.05, 0.1) is 17.7 Å². The Labute approximate surface area is 164 Å². The molecule has 2 heterocycles. The van der Waals surface area contributed by atoms with E-state index in [9.17, 15) is 18.5 Å². The van der Waals surface area contributed by atoms with E-state index in [2.05, 4.69) is 9.88 Å². The van der Waals surface area contributed by atoms with Crippen LogP contribution in [0.15, 0.2) is 45.1 Å². The van der Waals surface area contributed by atoms with Gasteiger partial charge in [-0.3, -0.25) is 14.8 Å². The van der Waals surface area contributed by atoms with Gasteiger partial charge in [0.15, 0.2) is 5.69 Å². The minimum absolute atomic E-state index is 0.00480. The van der Waals surface area contributed by atoms with Gasteiger partial charge in [-0.1, -0.05) is 11.2 Å². The zero-order valence-corrected chi connectivity index (χ0v) is 16.4. The number of ether oxygens (including phenoxy) is 1. The van der Waals surface area contributed by atoms with Crippen molar-refractivity contribution in [1.29, 1.82) is 0 Å². The number of nitrogens with one attached hydrogen (secondary N) is 1. The number of thiophene rings is 1. The molecule has 0 unspecified atom stereocenters. The summed E-state index contributed by atoms with van der Waals surface area (Å²) in [5.41, 5.74) is 0.319. The quantitative estimate of drug-likeness (QED) is 0.452. The molecule has 11 heteroatoms. The molecule has 3 aromatic rings. The van der Waals surface area contributed by atoms with Crippen LogP contribution in [0.3, 0.4) is 0 Å². The molecule has 9 nitrogen and oxygen atoms in total. The molecule has 1 N–H and O–H groups in total. The fourth-order valence-electron chi connectivity index (χ4n) is 2.33. The van der Waals surface area contributed by atoms with Gasteiger partial charge in [-0.15, -0.1) is 11.3 Å². The third-order valence-corrected chi connectivity index (χ3v) is 6.55. The van der Waals surface area contributed by atoms with Crippen molar-refractivity contribution in [2.45, 2.75) is 11.1 Å². The second kappa shape index (κ2) is 7.82. The molecule has 0 saturated heterocycles. The molecule has 0 aliphatic carbocycles. The van der Waals surface area contributed by atoms with E-state index in [0.717, 1.165) is 11.3 Å². The third-order valence-electron chi connectivity index (χ3n) is 3.63. The zero-order valence-electron chi connectivity index (χ0n) is 14.8. The summed E-state index contributed by atoms with van der Waals surface area (Å²) in [4.78, 5) is 11.1. The number of rotatable bonds is 7. The van der Waals surface area contributed by atoms with Crippen molar-refractivity contribution in [3.8, 4) is 5.75 Å². The van der Waals surface area contributed by atoms with Gasteiger partial charge in [0.1, 0.15) is 9.96 Å². The van der Waals surface area contributed by atoms with Gasteiger partial charge in [-0.05, 0) is 43.3 Å². The Morgan fingerprint density at radius 2 is 2.07 bits per heavy atom. The van der Waals surface area contributed by atoms with E-state index in [1.807, 2.05) is 0 Å². The van der Waals surface area contributed by atoms with Crippen LogP contribution in [0.5, 0.6) is 5.75 Å². The van der Waals surface area contributed by atoms with Gasteiger partial charge in [-0.2, -0.15) is 0 Å². The lowest BCUT2D eigenvalue weighted by Crippen LogP contribution is -2.11. The number of nitrogens with zero attached hydrogens (tertiary/aromatic N) is 2. The Bertz CT molecular complexity index is 1150. The van der Waals surface area contributed by atoms with Crippen LogP contribution in [-0.4, -0.2) is 25.6 Å². The van der Waals surface area contributed by atoms with Crippen LogP contribution in [0.2, 0.25) is 0 Å². The summed E-state index contributed by atoms with van der Waals surface area (Å²) in [6.07, 6.45) is 2.91. The third kappa shape index (κ3) is 4.21. The molecule has 0 spiro atoms. The molecule has 0 radical (unpaired) electrons. The van der Waals surface area contributed by atoms with E-state index in [1.54, 1.807) is 30.3 Å². The Kier molecular flexibility index (Phi) is 5.47. The van der Waals surface area contributed by atoms with Crippen molar-refractivity contribution < 1.29 is 22.6 Å². The van der Waals surface area contributed by atoms with E-state index in [0.29, 0.717) is 16.3 Å². The second-order valence-electron chi connectivity index (χ2n) is 5.57. The minimum atomic E-state index is -3.78. The SMILES string of the molecule is COc1cccc(NS(=O)(=O)c2ccc(C=Cc3onc(C)c3[N+](=O)[O-])s2)c1. The second-order valence-corrected chi connectivity index (χ2v) is 8.59. The summed E-state index contributed by atoms with van der Waals surface area (Å²) in [6.45, 7) is 1.47. The number of aryl methyl sites for hydroxylation is 1. The standard InChI is InChI=1S/C17H15N3O6S2/c1-11-17(20(21)22)15(26-18-11)8-6-14-7-9-16(27-14)28(23,24)19-12-4-3-5-13(10-12)25-2/h3-10,19H,1-2H3. The van der Waals surface area contributed by atoms with Crippen LogP contribution in [0, 0.1) is 17.0 Å². The fourth-order valence-corrected chi connectivity index (χ4v) is 4.61. The first-order chi connectivity index (χ1) is 13.3. The van der Waals surface area contributed by atoms with Gasteiger partial charge < -0.3 is 9.26 Å². The Hall–Kier alpha value is -3.18. The fraction of sp³-hybridized carbons (Fsp3) is 0.118. The first kappa shape index (κ1) is 19.6. The molecule has 0 amide bonds. The van der Waals surface area contributed by atoms with Crippen molar-refractivity contribution in [2.75, 3.05) is 11.8 Å². The number of benzene rings is 1. The molecular formula is C17H15N3O6S2. The Morgan fingerprint density at radius 1 is 1.29 bits per heavy atom. The van der Waals surface area contributed by atoms with E-state index < -0.39 is 14.9 Å². The maximum absolute atomic E-state index is 12.6. The van der Waals surface area contributed by atoms with Gasteiger partial charge in [0.2, 0.25) is 5.76 Å². The number of hydrogen-bond donors (Lipinski definition) is 1. The van der Waals surface area contributed by atoms with Crippen molar-refractivity contribution in [2.24, 2.45) is 0 Å². The topological polar surface area (TPSA) is 125 Å². The lowest BCUT2D eigenvalue weighted by atomic mass is 10.3.